The van der Waals surface area contributed by atoms with Crippen molar-refractivity contribution in [3.8, 4) is 0 Å². The monoisotopic (exact) mass is 99.1 g/mol. The maximum atomic E-state index is 6.83. The largest absolute Gasteiger partial charge is 0.481 e. The van der Waals surface area contributed by atoms with E-state index in [1.807, 2.05) is 6.92 Å². The Hall–Kier alpha value is -0.790. The summed E-state index contributed by atoms with van der Waals surface area (Å²) in [6.07, 6.45) is 3.34. The van der Waals surface area contributed by atoms with E-state index in [2.05, 4.69) is 4.74 Å². The molecule has 0 atom stereocenters. The van der Waals surface area contributed by atoms with E-state index in [0.29, 0.717) is 0 Å². The van der Waals surface area contributed by atoms with E-state index in [9.17, 15) is 0 Å². The van der Waals surface area contributed by atoms with E-state index in [-0.39, 0.29) is 5.90 Å². The topological polar surface area (TPSA) is 33.1 Å². The SMILES string of the molecule is C/C=C\C(=N)OC. The number of allylic oxidation sites excluding steroid dienone is 1. The molecule has 0 saturated carbocycles. The number of nitrogens with one attached hydrogen (secondary N) is 1. The molecule has 0 radical (unpaired) electrons. The molecule has 0 rings (SSSR count). The molecule has 0 amide bonds. The molecule has 0 aromatic rings. The van der Waals surface area contributed by atoms with Crippen LogP contribution in [0.5, 0.6) is 0 Å². The first-order chi connectivity index (χ1) is 3.31. The molecule has 0 heterocycles. The van der Waals surface area contributed by atoms with Crippen molar-refractivity contribution in [2.24, 2.45) is 0 Å². The van der Waals surface area contributed by atoms with Gasteiger partial charge in [-0.15, -0.1) is 0 Å². The predicted octanol–water partition coefficient (Wildman–Crippen LogP) is 1.19. The van der Waals surface area contributed by atoms with Gasteiger partial charge >= 0.3 is 0 Å². The fourth-order valence-electron chi connectivity index (χ4n) is 0.219. The molecular weight excluding hydrogens is 90.1 g/mol. The van der Waals surface area contributed by atoms with Crippen molar-refractivity contribution < 1.29 is 4.74 Å². The lowest BCUT2D eigenvalue weighted by molar-refractivity contribution is 0.403. The molecule has 0 aliphatic heterocycles. The lowest BCUT2D eigenvalue weighted by Gasteiger charge is -1.89. The van der Waals surface area contributed by atoms with Crippen LogP contribution in [-0.4, -0.2) is 13.0 Å². The van der Waals surface area contributed by atoms with Gasteiger partial charge in [0.2, 0.25) is 5.90 Å². The standard InChI is InChI=1S/C5H9NO/c1-3-4-5(6)7-2/h3-4,6H,1-2H3/b4-3-,6-5?. The summed E-state index contributed by atoms with van der Waals surface area (Å²) in [5.74, 6) is 0.197. The van der Waals surface area contributed by atoms with Crippen molar-refractivity contribution in [3.63, 3.8) is 0 Å². The summed E-state index contributed by atoms with van der Waals surface area (Å²) in [5, 5.41) is 6.83. The number of hydrogen-bond acceptors (Lipinski definition) is 2. The highest BCUT2D eigenvalue weighted by atomic mass is 16.5. The van der Waals surface area contributed by atoms with E-state index in [1.54, 1.807) is 12.2 Å². The van der Waals surface area contributed by atoms with Crippen molar-refractivity contribution in [1.29, 1.82) is 5.41 Å². The summed E-state index contributed by atoms with van der Waals surface area (Å²) in [4.78, 5) is 0. The summed E-state index contributed by atoms with van der Waals surface area (Å²) in [7, 11) is 1.47. The van der Waals surface area contributed by atoms with Crippen LogP contribution in [0.15, 0.2) is 12.2 Å². The highest BCUT2D eigenvalue weighted by Gasteiger charge is 1.77. The Morgan fingerprint density at radius 1 is 1.71 bits per heavy atom. The molecule has 40 valence electrons. The van der Waals surface area contributed by atoms with Crippen LogP contribution < -0.4 is 0 Å². The molecule has 0 saturated heterocycles. The van der Waals surface area contributed by atoms with Gasteiger partial charge in [-0.1, -0.05) is 6.08 Å². The van der Waals surface area contributed by atoms with E-state index < -0.39 is 0 Å². The maximum absolute atomic E-state index is 6.83. The second-order valence-electron chi connectivity index (χ2n) is 1.07. The summed E-state index contributed by atoms with van der Waals surface area (Å²) in [6.45, 7) is 1.84. The van der Waals surface area contributed by atoms with Gasteiger partial charge in [0.1, 0.15) is 0 Å². The molecule has 0 bridgehead atoms. The Kier molecular flexibility index (Phi) is 3.02. The second kappa shape index (κ2) is 3.40. The third kappa shape index (κ3) is 3.03. The van der Waals surface area contributed by atoms with E-state index in [0.717, 1.165) is 0 Å². The molecule has 0 unspecified atom stereocenters. The molecule has 2 nitrogen and oxygen atoms in total. The molecule has 2 heteroatoms. The van der Waals surface area contributed by atoms with Gasteiger partial charge in [-0.05, 0) is 13.0 Å². The predicted molar refractivity (Wildman–Crippen MR) is 29.5 cm³/mol. The third-order valence-electron chi connectivity index (χ3n) is 0.538. The molecule has 0 aromatic heterocycles. The summed E-state index contributed by atoms with van der Waals surface area (Å²) < 4.78 is 4.49. The molecular formula is C5H9NO. The first-order valence-electron chi connectivity index (χ1n) is 2.06. The van der Waals surface area contributed by atoms with Crippen molar-refractivity contribution in [1.82, 2.24) is 0 Å². The molecule has 0 fully saturated rings. The minimum Gasteiger partial charge on any atom is -0.481 e. The number of hydrogen-bond donors (Lipinski definition) is 1. The molecule has 0 aliphatic carbocycles. The van der Waals surface area contributed by atoms with Crippen molar-refractivity contribution >= 4 is 5.90 Å². The van der Waals surface area contributed by atoms with E-state index in [4.69, 9.17) is 5.41 Å². The zero-order chi connectivity index (χ0) is 5.70. The van der Waals surface area contributed by atoms with Crippen LogP contribution in [0.4, 0.5) is 0 Å². The van der Waals surface area contributed by atoms with Crippen molar-refractivity contribution in [2.45, 2.75) is 6.92 Å². The van der Waals surface area contributed by atoms with Crippen LogP contribution in [0.1, 0.15) is 6.92 Å². The second-order valence-corrected chi connectivity index (χ2v) is 1.07. The lowest BCUT2D eigenvalue weighted by atomic mass is 10.5. The van der Waals surface area contributed by atoms with Crippen molar-refractivity contribution in [2.75, 3.05) is 7.11 Å². The Bertz CT molecular complexity index is 86.1. The molecule has 7 heavy (non-hydrogen) atoms. The van der Waals surface area contributed by atoms with Crippen LogP contribution >= 0.6 is 0 Å². The zero-order valence-corrected chi connectivity index (χ0v) is 4.56. The quantitative estimate of drug-likeness (QED) is 0.388. The lowest BCUT2D eigenvalue weighted by Crippen LogP contribution is -1.90. The van der Waals surface area contributed by atoms with Gasteiger partial charge in [-0.3, -0.25) is 5.41 Å². The number of ether oxygens (including phenoxy) is 1. The van der Waals surface area contributed by atoms with Crippen LogP contribution in [0, 0.1) is 5.41 Å². The fraction of sp³-hybridized carbons (Fsp3) is 0.400. The van der Waals surface area contributed by atoms with Crippen LogP contribution in [0.2, 0.25) is 0 Å². The van der Waals surface area contributed by atoms with Crippen LogP contribution in [0.3, 0.4) is 0 Å². The maximum Gasteiger partial charge on any atom is 0.205 e. The zero-order valence-electron chi connectivity index (χ0n) is 4.56. The Morgan fingerprint density at radius 2 is 2.29 bits per heavy atom. The first-order valence-corrected chi connectivity index (χ1v) is 2.06. The Labute approximate surface area is 43.3 Å². The van der Waals surface area contributed by atoms with Crippen LogP contribution in [-0.2, 0) is 4.74 Å². The summed E-state index contributed by atoms with van der Waals surface area (Å²) >= 11 is 0. The molecule has 0 aromatic carbocycles. The van der Waals surface area contributed by atoms with Gasteiger partial charge < -0.3 is 4.74 Å². The fourth-order valence-corrected chi connectivity index (χ4v) is 0.219. The van der Waals surface area contributed by atoms with Gasteiger partial charge in [0.25, 0.3) is 0 Å². The van der Waals surface area contributed by atoms with Crippen LogP contribution in [0.25, 0.3) is 0 Å². The summed E-state index contributed by atoms with van der Waals surface area (Å²) in [6, 6.07) is 0. The van der Waals surface area contributed by atoms with Gasteiger partial charge in [-0.2, -0.15) is 0 Å². The Balaban J connectivity index is 3.37. The van der Waals surface area contributed by atoms with Gasteiger partial charge in [0.05, 0.1) is 7.11 Å². The number of rotatable bonds is 1. The average Bonchev–Trinajstić information content (AvgIpc) is 1.68. The average molecular weight is 99.1 g/mol. The molecule has 0 aliphatic rings. The smallest absolute Gasteiger partial charge is 0.205 e. The molecule has 0 spiro atoms. The highest BCUT2D eigenvalue weighted by molar-refractivity contribution is 5.84. The third-order valence-corrected chi connectivity index (χ3v) is 0.538. The first kappa shape index (κ1) is 6.21. The summed E-state index contributed by atoms with van der Waals surface area (Å²) in [5.41, 5.74) is 0. The minimum absolute atomic E-state index is 0.197. The van der Waals surface area contributed by atoms with Gasteiger partial charge in [0.15, 0.2) is 0 Å². The number of methoxy groups -OCH3 is 1. The molecule has 1 N–H and O–H groups in total. The minimum atomic E-state index is 0.197. The van der Waals surface area contributed by atoms with E-state index in [1.165, 1.54) is 7.11 Å². The van der Waals surface area contributed by atoms with Crippen molar-refractivity contribution in [3.05, 3.63) is 12.2 Å². The normalized spacial score (nSPS) is 9.43. The Morgan fingerprint density at radius 3 is 2.43 bits per heavy atom. The van der Waals surface area contributed by atoms with Gasteiger partial charge in [-0.25, -0.2) is 0 Å². The highest BCUT2D eigenvalue weighted by Crippen LogP contribution is 1.74. The van der Waals surface area contributed by atoms with Gasteiger partial charge in [0, 0.05) is 0 Å². The van der Waals surface area contributed by atoms with E-state index >= 15 is 0 Å².